The highest BCUT2D eigenvalue weighted by atomic mass is 32.2. The quantitative estimate of drug-likeness (QED) is 0.707. The number of aliphatic hydroxyl groups excluding tert-OH is 1. The Balaban J connectivity index is 2.02. The minimum Gasteiger partial charge on any atom is -0.469 e. The molecule has 122 valence electrons. The van der Waals surface area contributed by atoms with Crippen LogP contribution in [0.2, 0.25) is 0 Å². The van der Waals surface area contributed by atoms with Gasteiger partial charge in [-0.3, -0.25) is 4.79 Å². The molecule has 0 aliphatic heterocycles. The molecule has 7 heteroatoms. The van der Waals surface area contributed by atoms with Gasteiger partial charge in [0.25, 0.3) is 0 Å². The second-order valence-corrected chi connectivity index (χ2v) is 8.31. The van der Waals surface area contributed by atoms with Crippen molar-refractivity contribution in [3.63, 3.8) is 0 Å². The first kappa shape index (κ1) is 16.7. The molecular weight excluding hydrogens is 294 g/mol. The number of hydrogen-bond donors (Lipinski definition) is 2. The summed E-state index contributed by atoms with van der Waals surface area (Å²) in [6, 6.07) is 0. The van der Waals surface area contributed by atoms with E-state index in [1.54, 1.807) is 0 Å². The topological polar surface area (TPSA) is 92.7 Å². The van der Waals surface area contributed by atoms with Crippen molar-refractivity contribution in [3.8, 4) is 0 Å². The number of carbonyl (C=O) groups is 1. The molecule has 2 atom stereocenters. The number of hydrogen-bond acceptors (Lipinski definition) is 5. The molecule has 2 aliphatic carbocycles. The molecule has 2 N–H and O–H groups in total. The molecule has 0 bridgehead atoms. The van der Waals surface area contributed by atoms with Crippen molar-refractivity contribution in [2.45, 2.75) is 50.2 Å². The third-order valence-corrected chi connectivity index (χ3v) is 6.91. The van der Waals surface area contributed by atoms with Gasteiger partial charge in [-0.05, 0) is 25.7 Å². The maximum absolute atomic E-state index is 12.5. The number of nitrogens with one attached hydrogen (secondary N) is 1. The van der Waals surface area contributed by atoms with Crippen molar-refractivity contribution in [2.75, 3.05) is 20.3 Å². The number of aliphatic hydroxyl groups is 1. The van der Waals surface area contributed by atoms with Gasteiger partial charge in [0.1, 0.15) is 0 Å². The van der Waals surface area contributed by atoms with Crippen LogP contribution in [-0.2, 0) is 19.6 Å². The van der Waals surface area contributed by atoms with Crippen LogP contribution >= 0.6 is 0 Å². The number of carbonyl (C=O) groups excluding carboxylic acids is 1. The largest absolute Gasteiger partial charge is 0.469 e. The van der Waals surface area contributed by atoms with Crippen molar-refractivity contribution in [3.05, 3.63) is 0 Å². The molecule has 0 heterocycles. The van der Waals surface area contributed by atoms with Crippen molar-refractivity contribution >= 4 is 16.0 Å². The highest BCUT2D eigenvalue weighted by Crippen LogP contribution is 2.38. The average molecular weight is 319 g/mol. The van der Waals surface area contributed by atoms with Crippen LogP contribution in [0.25, 0.3) is 0 Å². The van der Waals surface area contributed by atoms with Gasteiger partial charge in [-0.2, -0.15) is 0 Å². The van der Waals surface area contributed by atoms with E-state index < -0.39 is 27.2 Å². The van der Waals surface area contributed by atoms with Gasteiger partial charge in [-0.25, -0.2) is 13.1 Å². The summed E-state index contributed by atoms with van der Waals surface area (Å²) in [6.07, 6.45) is 5.50. The zero-order valence-corrected chi connectivity index (χ0v) is 13.3. The lowest BCUT2D eigenvalue weighted by Crippen LogP contribution is -2.44. The molecule has 2 saturated carbocycles. The standard InChI is InChI=1S/C14H25NO5S/c1-20-13(17)11-5-4-6-12(11)21(18,19)15-9-14(10-16)7-2-3-8-14/h11-12,15-16H,2-10H2,1H3. The van der Waals surface area contributed by atoms with Crippen LogP contribution in [0, 0.1) is 11.3 Å². The molecule has 21 heavy (non-hydrogen) atoms. The van der Waals surface area contributed by atoms with E-state index in [1.807, 2.05) is 0 Å². The first-order chi connectivity index (χ1) is 9.94. The van der Waals surface area contributed by atoms with E-state index in [1.165, 1.54) is 7.11 Å². The first-order valence-electron chi connectivity index (χ1n) is 7.61. The van der Waals surface area contributed by atoms with Crippen LogP contribution in [0.1, 0.15) is 44.9 Å². The molecule has 6 nitrogen and oxygen atoms in total. The van der Waals surface area contributed by atoms with Gasteiger partial charge < -0.3 is 9.84 Å². The van der Waals surface area contributed by atoms with Crippen LogP contribution in [0.3, 0.4) is 0 Å². The van der Waals surface area contributed by atoms with E-state index >= 15 is 0 Å². The minimum absolute atomic E-state index is 0.000612. The summed E-state index contributed by atoms with van der Waals surface area (Å²) in [6.45, 7) is 0.261. The number of methoxy groups -OCH3 is 1. The molecule has 2 fully saturated rings. The molecular formula is C14H25NO5S. The van der Waals surface area contributed by atoms with E-state index in [4.69, 9.17) is 4.74 Å². The fourth-order valence-electron chi connectivity index (χ4n) is 3.59. The molecule has 2 rings (SSSR count). The summed E-state index contributed by atoms with van der Waals surface area (Å²) < 4.78 is 32.3. The Kier molecular flexibility index (Phi) is 5.27. The Bertz CT molecular complexity index is 470. The van der Waals surface area contributed by atoms with Gasteiger partial charge in [0, 0.05) is 18.6 Å². The summed E-state index contributed by atoms with van der Waals surface area (Å²) in [5.74, 6) is -1.01. The highest BCUT2D eigenvalue weighted by Gasteiger charge is 2.43. The molecule has 0 saturated heterocycles. The lowest BCUT2D eigenvalue weighted by molar-refractivity contribution is -0.145. The third-order valence-electron chi connectivity index (χ3n) is 5.00. The monoisotopic (exact) mass is 319 g/mol. The zero-order chi connectivity index (χ0) is 15.5. The predicted octanol–water partition coefficient (Wildman–Crippen LogP) is 0.800. The molecule has 0 aromatic heterocycles. The minimum atomic E-state index is -3.56. The lowest BCUT2D eigenvalue weighted by atomic mass is 9.88. The summed E-state index contributed by atoms with van der Waals surface area (Å²) in [5.41, 5.74) is -0.327. The molecule has 2 unspecified atom stereocenters. The van der Waals surface area contributed by atoms with Crippen LogP contribution in [0.15, 0.2) is 0 Å². The Labute approximate surface area is 126 Å². The second-order valence-electron chi connectivity index (χ2n) is 6.33. The number of rotatable bonds is 6. The summed E-state index contributed by atoms with van der Waals surface area (Å²) in [4.78, 5) is 11.7. The van der Waals surface area contributed by atoms with E-state index in [-0.39, 0.29) is 18.6 Å². The van der Waals surface area contributed by atoms with Gasteiger partial charge in [0.2, 0.25) is 10.0 Å². The van der Waals surface area contributed by atoms with Gasteiger partial charge in [-0.15, -0.1) is 0 Å². The normalized spacial score (nSPS) is 28.7. The van der Waals surface area contributed by atoms with Crippen LogP contribution in [0.5, 0.6) is 0 Å². The van der Waals surface area contributed by atoms with Crippen LogP contribution in [-0.4, -0.2) is 45.0 Å². The maximum Gasteiger partial charge on any atom is 0.310 e. The van der Waals surface area contributed by atoms with E-state index in [0.717, 1.165) is 32.1 Å². The Morgan fingerprint density at radius 3 is 2.52 bits per heavy atom. The second kappa shape index (κ2) is 6.62. The molecule has 0 aromatic rings. The van der Waals surface area contributed by atoms with Crippen LogP contribution in [0.4, 0.5) is 0 Å². The number of ether oxygens (including phenoxy) is 1. The summed E-state index contributed by atoms with van der Waals surface area (Å²) in [5, 5.41) is 8.84. The summed E-state index contributed by atoms with van der Waals surface area (Å²) >= 11 is 0. The molecule has 0 spiro atoms. The number of sulfonamides is 1. The van der Waals surface area contributed by atoms with Gasteiger partial charge in [0.15, 0.2) is 0 Å². The molecule has 0 radical (unpaired) electrons. The fraction of sp³-hybridized carbons (Fsp3) is 0.929. The van der Waals surface area contributed by atoms with Gasteiger partial charge in [-0.1, -0.05) is 19.3 Å². The van der Waals surface area contributed by atoms with Crippen molar-refractivity contribution in [2.24, 2.45) is 11.3 Å². The maximum atomic E-state index is 12.5. The lowest BCUT2D eigenvalue weighted by Gasteiger charge is -2.28. The van der Waals surface area contributed by atoms with E-state index in [2.05, 4.69) is 4.72 Å². The molecule has 0 aromatic carbocycles. The fourth-order valence-corrected chi connectivity index (χ4v) is 5.47. The van der Waals surface area contributed by atoms with Crippen LogP contribution < -0.4 is 4.72 Å². The molecule has 2 aliphatic rings. The van der Waals surface area contributed by atoms with Crippen molar-refractivity contribution in [1.29, 1.82) is 0 Å². The van der Waals surface area contributed by atoms with Gasteiger partial charge >= 0.3 is 5.97 Å². The Hall–Kier alpha value is -0.660. The van der Waals surface area contributed by atoms with E-state index in [9.17, 15) is 18.3 Å². The first-order valence-corrected chi connectivity index (χ1v) is 9.16. The number of esters is 1. The smallest absolute Gasteiger partial charge is 0.310 e. The average Bonchev–Trinajstić information content (AvgIpc) is 3.14. The zero-order valence-electron chi connectivity index (χ0n) is 12.5. The van der Waals surface area contributed by atoms with Crippen molar-refractivity contribution < 1.29 is 23.1 Å². The van der Waals surface area contributed by atoms with Gasteiger partial charge in [0.05, 0.1) is 18.3 Å². The Morgan fingerprint density at radius 2 is 1.95 bits per heavy atom. The van der Waals surface area contributed by atoms with E-state index in [0.29, 0.717) is 12.8 Å². The SMILES string of the molecule is COC(=O)C1CCCC1S(=O)(=O)NCC1(CO)CCCC1. The predicted molar refractivity (Wildman–Crippen MR) is 78.1 cm³/mol. The van der Waals surface area contributed by atoms with Crippen molar-refractivity contribution in [1.82, 2.24) is 4.72 Å². The Morgan fingerprint density at radius 1 is 1.29 bits per heavy atom. The highest BCUT2D eigenvalue weighted by molar-refractivity contribution is 7.90. The third kappa shape index (κ3) is 3.57. The molecule has 0 amide bonds. The summed E-state index contributed by atoms with van der Waals surface area (Å²) in [7, 11) is -2.27.